The van der Waals surface area contributed by atoms with Gasteiger partial charge < -0.3 is 16.0 Å². The summed E-state index contributed by atoms with van der Waals surface area (Å²) in [5.74, 6) is -4.72. The number of halogens is 5. The summed E-state index contributed by atoms with van der Waals surface area (Å²) in [4.78, 5) is 15.8. The molecule has 0 aromatic heterocycles. The van der Waals surface area contributed by atoms with Crippen LogP contribution < -0.4 is 16.0 Å². The molecule has 0 fully saturated rings. The summed E-state index contributed by atoms with van der Waals surface area (Å²) in [5, 5.41) is 8.57. The molecule has 152 valence electrons. The fourth-order valence-electron chi connectivity index (χ4n) is 2.22. The van der Waals surface area contributed by atoms with Crippen LogP contribution in [0.15, 0.2) is 41.4 Å². The summed E-state index contributed by atoms with van der Waals surface area (Å²) >= 11 is 6.08. The summed E-state index contributed by atoms with van der Waals surface area (Å²) in [6.45, 7) is 0.271. The molecule has 10 heteroatoms. The maximum Gasteiger partial charge on any atom is 0.243 e. The molecule has 0 spiro atoms. The van der Waals surface area contributed by atoms with Crippen molar-refractivity contribution in [2.45, 2.75) is 6.42 Å². The molecule has 0 bridgehead atoms. The van der Waals surface area contributed by atoms with Crippen molar-refractivity contribution in [3.8, 4) is 0 Å². The first kappa shape index (κ1) is 24.0. The van der Waals surface area contributed by atoms with E-state index >= 15 is 0 Å². The number of amides is 1. The minimum Gasteiger partial charge on any atom is -0.356 e. The Hall–Kier alpha value is -2.01. The Labute approximate surface area is 182 Å². The third kappa shape index (κ3) is 6.86. The molecule has 2 rings (SSSR count). The normalized spacial score (nSPS) is 10.8. The molecule has 2 aromatic rings. The van der Waals surface area contributed by atoms with E-state index in [0.29, 0.717) is 23.9 Å². The second kappa shape index (κ2) is 11.7. The van der Waals surface area contributed by atoms with Gasteiger partial charge in [0.2, 0.25) is 5.91 Å². The number of nitrogens with one attached hydrogen (secondary N) is 3. The molecule has 0 aliphatic carbocycles. The average Bonchev–Trinajstić information content (AvgIpc) is 2.66. The van der Waals surface area contributed by atoms with Gasteiger partial charge in [-0.2, -0.15) is 0 Å². The molecule has 28 heavy (non-hydrogen) atoms. The van der Waals surface area contributed by atoms with Gasteiger partial charge in [-0.3, -0.25) is 9.79 Å². The van der Waals surface area contributed by atoms with Gasteiger partial charge in [-0.25, -0.2) is 13.2 Å². The van der Waals surface area contributed by atoms with Crippen molar-refractivity contribution < 1.29 is 18.0 Å². The molecule has 0 radical (unpaired) electrons. The smallest absolute Gasteiger partial charge is 0.243 e. The molecule has 3 N–H and O–H groups in total. The summed E-state index contributed by atoms with van der Waals surface area (Å²) in [6, 6.07) is 9.11. The lowest BCUT2D eigenvalue weighted by Crippen LogP contribution is -2.42. The van der Waals surface area contributed by atoms with E-state index in [-0.39, 0.29) is 30.5 Å². The highest BCUT2D eigenvalue weighted by molar-refractivity contribution is 14.0. The summed E-state index contributed by atoms with van der Waals surface area (Å²) in [5.41, 5.74) is 0.524. The molecule has 0 saturated carbocycles. The largest absolute Gasteiger partial charge is 0.356 e. The number of hydrogen-bond acceptors (Lipinski definition) is 2. The van der Waals surface area contributed by atoms with Gasteiger partial charge in [0.25, 0.3) is 0 Å². The number of nitrogens with zero attached hydrogens (tertiary/aromatic N) is 1. The van der Waals surface area contributed by atoms with Crippen LogP contribution in [0.1, 0.15) is 5.56 Å². The maximum atomic E-state index is 13.6. The fourth-order valence-corrected chi connectivity index (χ4v) is 2.45. The van der Waals surface area contributed by atoms with Crippen LogP contribution in [0.2, 0.25) is 5.02 Å². The third-order valence-electron chi connectivity index (χ3n) is 3.59. The Bertz CT molecular complexity index is 852. The van der Waals surface area contributed by atoms with Gasteiger partial charge in [0.15, 0.2) is 23.4 Å². The summed E-state index contributed by atoms with van der Waals surface area (Å²) in [6.07, 6.45) is 0.645. The topological polar surface area (TPSA) is 65.5 Å². The highest BCUT2D eigenvalue weighted by Crippen LogP contribution is 2.19. The Kier molecular flexibility index (Phi) is 10.1. The van der Waals surface area contributed by atoms with Crippen molar-refractivity contribution in [3.05, 3.63) is 64.4 Å². The van der Waals surface area contributed by atoms with Crippen molar-refractivity contribution >= 4 is 53.1 Å². The van der Waals surface area contributed by atoms with Crippen molar-refractivity contribution in [1.29, 1.82) is 0 Å². The quantitative estimate of drug-likeness (QED) is 0.233. The van der Waals surface area contributed by atoms with E-state index < -0.39 is 29.0 Å². The lowest BCUT2D eigenvalue weighted by atomic mass is 10.1. The number of carbonyl (C=O) groups excluding carboxylic acids is 1. The predicted octanol–water partition coefficient (Wildman–Crippen LogP) is 3.72. The Morgan fingerprint density at radius 3 is 2.46 bits per heavy atom. The van der Waals surface area contributed by atoms with E-state index in [1.165, 1.54) is 7.05 Å². The molecule has 1 amide bonds. The molecule has 0 unspecified atom stereocenters. The Balaban J connectivity index is 0.00000392. The minimum atomic E-state index is -1.64. The number of carbonyl (C=O) groups is 1. The van der Waals surface area contributed by atoms with Crippen LogP contribution >= 0.6 is 35.6 Å². The first-order valence-corrected chi connectivity index (χ1v) is 8.41. The molecular weight excluding hydrogens is 508 g/mol. The lowest BCUT2D eigenvalue weighted by molar-refractivity contribution is -0.115. The summed E-state index contributed by atoms with van der Waals surface area (Å²) < 4.78 is 39.6. The highest BCUT2D eigenvalue weighted by atomic mass is 127. The van der Waals surface area contributed by atoms with Crippen LogP contribution in [-0.4, -0.2) is 32.0 Å². The molecule has 2 aromatic carbocycles. The second-order valence-electron chi connectivity index (χ2n) is 5.47. The molecule has 0 aliphatic heterocycles. The number of aliphatic imine (C=N–C) groups is 1. The minimum absolute atomic E-state index is 0. The fraction of sp³-hybridized carbons (Fsp3) is 0.222. The zero-order chi connectivity index (χ0) is 19.8. The summed E-state index contributed by atoms with van der Waals surface area (Å²) in [7, 11) is 1.53. The maximum absolute atomic E-state index is 13.6. The van der Waals surface area contributed by atoms with E-state index in [2.05, 4.69) is 20.9 Å². The molecule has 0 atom stereocenters. The van der Waals surface area contributed by atoms with Gasteiger partial charge in [0.05, 0.1) is 12.2 Å². The van der Waals surface area contributed by atoms with Crippen LogP contribution in [0.3, 0.4) is 0 Å². The number of rotatable bonds is 6. The lowest BCUT2D eigenvalue weighted by Gasteiger charge is -2.13. The number of hydrogen-bond donors (Lipinski definition) is 3. The van der Waals surface area contributed by atoms with Crippen LogP contribution in [0, 0.1) is 17.5 Å². The molecule has 0 heterocycles. The number of guanidine groups is 1. The number of benzene rings is 2. The highest BCUT2D eigenvalue weighted by Gasteiger charge is 2.15. The van der Waals surface area contributed by atoms with Gasteiger partial charge in [0.1, 0.15) is 0 Å². The number of anilines is 1. The van der Waals surface area contributed by atoms with E-state index in [1.54, 1.807) is 6.07 Å². The van der Waals surface area contributed by atoms with E-state index in [4.69, 9.17) is 11.6 Å². The standard InChI is InChI=1S/C18H18ClF3N4O.HI/c1-23-18(24-9-8-11-4-2-3-5-12(11)19)25-10-15(27)26-14-7-6-13(20)16(21)17(14)22;/h2-7H,8-10H2,1H3,(H,26,27)(H2,23,24,25);1H. The molecule has 0 aliphatic rings. The van der Waals surface area contributed by atoms with Crippen LogP contribution in [0.25, 0.3) is 0 Å². The predicted molar refractivity (Wildman–Crippen MR) is 115 cm³/mol. The van der Waals surface area contributed by atoms with E-state index in [1.807, 2.05) is 18.2 Å². The molecular formula is C18H19ClF3IN4O. The first-order valence-electron chi connectivity index (χ1n) is 8.03. The second-order valence-corrected chi connectivity index (χ2v) is 5.87. The van der Waals surface area contributed by atoms with Gasteiger partial charge in [-0.05, 0) is 30.2 Å². The van der Waals surface area contributed by atoms with Crippen LogP contribution in [0.4, 0.5) is 18.9 Å². The molecule has 0 saturated heterocycles. The van der Waals surface area contributed by atoms with Crippen molar-refractivity contribution in [3.63, 3.8) is 0 Å². The van der Waals surface area contributed by atoms with Crippen LogP contribution in [0.5, 0.6) is 0 Å². The zero-order valence-electron chi connectivity index (χ0n) is 14.9. The first-order chi connectivity index (χ1) is 12.9. The van der Waals surface area contributed by atoms with E-state index in [9.17, 15) is 18.0 Å². The Morgan fingerprint density at radius 2 is 1.79 bits per heavy atom. The monoisotopic (exact) mass is 526 g/mol. The SMILES string of the molecule is CN=C(NCCc1ccccc1Cl)NCC(=O)Nc1ccc(F)c(F)c1F.I. The zero-order valence-corrected chi connectivity index (χ0v) is 17.9. The van der Waals surface area contributed by atoms with Crippen molar-refractivity contribution in [2.75, 3.05) is 25.5 Å². The molecule has 5 nitrogen and oxygen atoms in total. The van der Waals surface area contributed by atoms with Gasteiger partial charge in [-0.15, -0.1) is 24.0 Å². The van der Waals surface area contributed by atoms with Crippen LogP contribution in [-0.2, 0) is 11.2 Å². The van der Waals surface area contributed by atoms with E-state index in [0.717, 1.165) is 17.7 Å². The average molecular weight is 527 g/mol. The van der Waals surface area contributed by atoms with Crippen molar-refractivity contribution in [2.24, 2.45) is 4.99 Å². The van der Waals surface area contributed by atoms with Gasteiger partial charge in [-0.1, -0.05) is 29.8 Å². The van der Waals surface area contributed by atoms with Gasteiger partial charge >= 0.3 is 0 Å². The third-order valence-corrected chi connectivity index (χ3v) is 3.96. The Morgan fingerprint density at radius 1 is 1.07 bits per heavy atom. The van der Waals surface area contributed by atoms with Crippen molar-refractivity contribution in [1.82, 2.24) is 10.6 Å². The van der Waals surface area contributed by atoms with Gasteiger partial charge in [0, 0.05) is 18.6 Å².